The highest BCUT2D eigenvalue weighted by molar-refractivity contribution is 7.97. The highest BCUT2D eigenvalue weighted by Gasteiger charge is 2.65. The fourth-order valence-corrected chi connectivity index (χ4v) is 12.3. The molecule has 19 heteroatoms. The molecule has 0 saturated carbocycles. The van der Waals surface area contributed by atoms with E-state index in [1.165, 1.54) is 39.7 Å². The minimum Gasteiger partial charge on any atom is -0.743 e. The van der Waals surface area contributed by atoms with Gasteiger partial charge < -0.3 is 38.1 Å². The van der Waals surface area contributed by atoms with Crippen molar-refractivity contribution in [1.82, 2.24) is 0 Å². The van der Waals surface area contributed by atoms with E-state index in [0.29, 0.717) is 43.7 Å². The van der Waals surface area contributed by atoms with E-state index in [2.05, 4.69) is 108 Å². The highest BCUT2D eigenvalue weighted by atomic mass is 32.2. The second kappa shape index (κ2) is 30.0. The van der Waals surface area contributed by atoms with Crippen LogP contribution in [0, 0.1) is 27.6 Å². The molecule has 1 aliphatic carbocycles. The number of esters is 5. The summed E-state index contributed by atoms with van der Waals surface area (Å²) in [6.45, 7) is 24.5. The Morgan fingerprint density at radius 2 is 1.03 bits per heavy atom. The molecule has 0 spiro atoms. The predicted molar refractivity (Wildman–Crippen MR) is 344 cm³/mol. The Labute approximate surface area is 538 Å². The van der Waals surface area contributed by atoms with Crippen LogP contribution in [-0.2, 0) is 81.5 Å². The molecule has 4 aliphatic rings. The second-order valence-electron chi connectivity index (χ2n) is 26.0. The van der Waals surface area contributed by atoms with Gasteiger partial charge in [-0.3, -0.25) is 24.0 Å². The Kier molecular flexibility index (Phi) is 24.1. The summed E-state index contributed by atoms with van der Waals surface area (Å²) in [7, 11) is -5.87. The zero-order valence-electron chi connectivity index (χ0n) is 54.6. The van der Waals surface area contributed by atoms with E-state index in [1.54, 1.807) is 25.1 Å². The standard InChI is InChI=1S/C18H15S.C16H18O3.C16H22O2.C13H18O5.C9H16F2O5S/c1-4-10-16(11-5-1)19(17-12-6-2-7-13-17)18-14-8-3-9-15-18;1-4-16(2,3)15(18)19-14-10-9-13(17)11-7-5-6-8-12(11)14;1-5-15(2,3)14(17)18-16(4)10-12-8-6-7-9-13(12)11-16;1-4-13(2,3)12(15)18-9-7-5-6-8(16-7)10(9)17-11(6)14;1-5-8(3,4)7(12)16-6(2)9(10,11)17(13,14)15/h1-15H;5-10,17H,4H2,1-3H3;6-9H,5,10-11H2,1-4H3;6-10H,4-5H2,1-3H3;6H,5H2,1-4H3,(H,13,14,15)/q+1;;;;/p-1. The number of alkyl halides is 2. The molecule has 3 aliphatic heterocycles. The van der Waals surface area contributed by atoms with Gasteiger partial charge in [-0.15, -0.1) is 0 Å². The van der Waals surface area contributed by atoms with Crippen LogP contribution in [-0.4, -0.2) is 89.3 Å². The van der Waals surface area contributed by atoms with Gasteiger partial charge in [-0.05, 0) is 161 Å². The number of phenols is 1. The van der Waals surface area contributed by atoms with Gasteiger partial charge >= 0.3 is 35.1 Å². The summed E-state index contributed by atoms with van der Waals surface area (Å²) in [5.41, 5.74) is -0.186. The van der Waals surface area contributed by atoms with Gasteiger partial charge in [0, 0.05) is 23.6 Å². The Bertz CT molecular complexity index is 3460. The van der Waals surface area contributed by atoms with Crippen molar-refractivity contribution in [3.63, 3.8) is 0 Å². The summed E-state index contributed by atoms with van der Waals surface area (Å²) in [5.74, 6) is -1.24. The van der Waals surface area contributed by atoms with Crippen molar-refractivity contribution in [3.05, 3.63) is 163 Å². The molecule has 1 N–H and O–H groups in total. The second-order valence-corrected chi connectivity index (χ2v) is 29.5. The fourth-order valence-electron chi connectivity index (χ4n) is 9.70. The average molecular weight is 1300 g/mol. The predicted octanol–water partition coefficient (Wildman–Crippen LogP) is 14.7. The van der Waals surface area contributed by atoms with Gasteiger partial charge in [0.2, 0.25) is 0 Å². The number of halogens is 2. The largest absolute Gasteiger partial charge is 0.743 e. The van der Waals surface area contributed by atoms with E-state index in [0.717, 1.165) is 24.6 Å². The molecule has 3 heterocycles. The lowest BCUT2D eigenvalue weighted by atomic mass is 9.87. The smallest absolute Gasteiger partial charge is 0.369 e. The lowest BCUT2D eigenvalue weighted by Crippen LogP contribution is -2.44. The molecule has 10 rings (SSSR count). The maximum atomic E-state index is 13.0. The van der Waals surface area contributed by atoms with E-state index in [9.17, 15) is 50.8 Å². The topological polar surface area (TPSA) is 218 Å². The van der Waals surface area contributed by atoms with Crippen molar-refractivity contribution in [2.24, 2.45) is 27.6 Å². The molecule has 492 valence electrons. The third-order valence-corrected chi connectivity index (χ3v) is 20.7. The van der Waals surface area contributed by atoms with Crippen molar-refractivity contribution in [2.75, 3.05) is 0 Å². The third-order valence-electron chi connectivity index (χ3n) is 17.4. The number of fused-ring (bicyclic) bond motifs is 3. The summed E-state index contributed by atoms with van der Waals surface area (Å²) >= 11 is 0. The molecule has 6 aromatic carbocycles. The molecule has 6 aromatic rings. The number of ether oxygens (including phenoxy) is 6. The van der Waals surface area contributed by atoms with Gasteiger partial charge in [0.1, 0.15) is 23.2 Å². The van der Waals surface area contributed by atoms with Gasteiger partial charge in [-0.1, -0.05) is 131 Å². The number of hydrogen-bond donors (Lipinski definition) is 1. The number of benzene rings is 6. The Morgan fingerprint density at radius 1 is 0.615 bits per heavy atom. The van der Waals surface area contributed by atoms with Crippen LogP contribution in [0.5, 0.6) is 11.5 Å². The first-order chi connectivity index (χ1) is 42.6. The summed E-state index contributed by atoms with van der Waals surface area (Å²) < 4.78 is 89.0. The molecule has 0 aromatic heterocycles. The maximum Gasteiger partial charge on any atom is 0.369 e. The van der Waals surface area contributed by atoms with Crippen molar-refractivity contribution < 1.29 is 79.3 Å². The van der Waals surface area contributed by atoms with Crippen molar-refractivity contribution in [3.8, 4) is 11.5 Å². The maximum absolute atomic E-state index is 13.0. The first kappa shape index (κ1) is 72.9. The Hall–Kier alpha value is -7.19. The summed E-state index contributed by atoms with van der Waals surface area (Å²) in [4.78, 5) is 63.4. The minimum absolute atomic E-state index is 0.0146. The lowest BCUT2D eigenvalue weighted by molar-refractivity contribution is -0.170. The van der Waals surface area contributed by atoms with Gasteiger partial charge in [-0.2, -0.15) is 8.78 Å². The van der Waals surface area contributed by atoms with Crippen molar-refractivity contribution in [1.29, 1.82) is 0 Å². The zero-order valence-corrected chi connectivity index (χ0v) is 56.2. The van der Waals surface area contributed by atoms with Crippen LogP contribution in [0.15, 0.2) is 166 Å². The van der Waals surface area contributed by atoms with E-state index in [1.807, 2.05) is 99.6 Å². The molecule has 0 amide bonds. The average Bonchev–Trinajstić information content (AvgIpc) is 1.58. The number of phenolic OH excluding ortho intramolecular Hbond substituents is 1. The molecule has 91 heavy (non-hydrogen) atoms. The normalized spacial score (nSPS) is 19.1. The van der Waals surface area contributed by atoms with Gasteiger partial charge in [0.15, 0.2) is 43.1 Å². The van der Waals surface area contributed by atoms with Crippen LogP contribution in [0.2, 0.25) is 0 Å². The molecule has 15 nitrogen and oxygen atoms in total. The number of aromatic hydroxyl groups is 1. The van der Waals surface area contributed by atoms with E-state index in [-0.39, 0.29) is 64.2 Å². The molecule has 6 atom stereocenters. The first-order valence-electron chi connectivity index (χ1n) is 30.8. The number of carbonyl (C=O) groups is 5. The third kappa shape index (κ3) is 17.9. The molecule has 3 saturated heterocycles. The number of carbonyl (C=O) groups excluding carboxylic acids is 5. The van der Waals surface area contributed by atoms with Crippen LogP contribution in [0.1, 0.15) is 140 Å². The van der Waals surface area contributed by atoms with E-state index < -0.39 is 61.3 Å². The highest BCUT2D eigenvalue weighted by Crippen LogP contribution is 2.48. The zero-order chi connectivity index (χ0) is 67.5. The van der Waals surface area contributed by atoms with Crippen LogP contribution in [0.3, 0.4) is 0 Å². The monoisotopic (exact) mass is 1290 g/mol. The number of hydrogen-bond acceptors (Lipinski definition) is 15. The molecule has 6 unspecified atom stereocenters. The van der Waals surface area contributed by atoms with E-state index in [4.69, 9.17) is 23.7 Å². The molecular formula is C72H88F2O15S2. The van der Waals surface area contributed by atoms with Crippen molar-refractivity contribution >= 4 is 61.6 Å². The Balaban J connectivity index is 0.000000181. The summed E-state index contributed by atoms with van der Waals surface area (Å²) in [6, 6.07) is 51.0. The SMILES string of the molecule is CCC(C)(C)C(=O)OC(C)C(F)(F)S(=O)(=O)[O-].CCC(C)(C)C(=O)OC1(C)Cc2ccccc2C1.CCC(C)(C)C(=O)OC1C2CC3C(=O)OC1C3O2.CCC(C)(C)C(=O)Oc1ccc(O)c2ccccc12.c1ccc([S+](c2ccccc2)c2ccccc2)cc1. The lowest BCUT2D eigenvalue weighted by Gasteiger charge is -2.30. The van der Waals surface area contributed by atoms with Crippen LogP contribution >= 0.6 is 0 Å². The molecular weight excluding hydrogens is 1210 g/mol. The molecule has 3 fully saturated rings. The van der Waals surface area contributed by atoms with E-state index >= 15 is 0 Å². The van der Waals surface area contributed by atoms with Crippen LogP contribution in [0.4, 0.5) is 8.78 Å². The summed E-state index contributed by atoms with van der Waals surface area (Å²) in [5, 5.41) is 6.58. The number of rotatable bonds is 17. The minimum atomic E-state index is -5.86. The quantitative estimate of drug-likeness (QED) is 0.0295. The Morgan fingerprint density at radius 3 is 1.49 bits per heavy atom. The van der Waals surface area contributed by atoms with Crippen LogP contribution < -0.4 is 4.74 Å². The van der Waals surface area contributed by atoms with Crippen LogP contribution in [0.25, 0.3) is 10.8 Å². The van der Waals surface area contributed by atoms with Gasteiger partial charge in [0.05, 0.1) is 44.6 Å². The van der Waals surface area contributed by atoms with Gasteiger partial charge in [-0.25, -0.2) is 8.42 Å². The van der Waals surface area contributed by atoms with Crippen molar-refractivity contribution in [2.45, 2.75) is 198 Å². The fraction of sp³-hybridized carbons (Fsp3) is 0.458. The summed E-state index contributed by atoms with van der Waals surface area (Å²) in [6.07, 6.45) is 1.31. The van der Waals surface area contributed by atoms with Gasteiger partial charge in [0.25, 0.3) is 0 Å². The molecule has 2 bridgehead atoms. The first-order valence-corrected chi connectivity index (χ1v) is 33.4. The molecule has 0 radical (unpaired) electrons.